The lowest BCUT2D eigenvalue weighted by atomic mass is 10.0. The lowest BCUT2D eigenvalue weighted by molar-refractivity contribution is 0.191. The summed E-state index contributed by atoms with van der Waals surface area (Å²) in [4.78, 5) is 10.6. The fourth-order valence-corrected chi connectivity index (χ4v) is 2.02. The van der Waals surface area contributed by atoms with Crippen LogP contribution in [0.4, 0.5) is 4.79 Å². The van der Waals surface area contributed by atoms with E-state index in [1.54, 1.807) is 7.11 Å². The molecule has 4 heteroatoms. The predicted molar refractivity (Wildman–Crippen MR) is 78.0 cm³/mol. The molecule has 2 N–H and O–H groups in total. The van der Waals surface area contributed by atoms with Crippen LogP contribution in [-0.2, 0) is 0 Å². The number of carbonyl (C=O) groups is 1. The number of carboxylic acid groups (broad SMARTS) is 1. The molecule has 4 nitrogen and oxygen atoms in total. The van der Waals surface area contributed by atoms with Gasteiger partial charge < -0.3 is 15.2 Å². The maximum absolute atomic E-state index is 10.6. The first kappa shape index (κ1) is 13.9. The van der Waals surface area contributed by atoms with Crippen LogP contribution in [0.3, 0.4) is 0 Å². The first-order chi connectivity index (χ1) is 9.60. The van der Waals surface area contributed by atoms with Crippen molar-refractivity contribution in [2.24, 2.45) is 0 Å². The van der Waals surface area contributed by atoms with Crippen molar-refractivity contribution in [3.05, 3.63) is 54.1 Å². The third kappa shape index (κ3) is 3.29. The smallest absolute Gasteiger partial charge is 0.405 e. The maximum atomic E-state index is 10.6. The number of hydrogen-bond donors (Lipinski definition) is 2. The highest BCUT2D eigenvalue weighted by Gasteiger charge is 2.08. The van der Waals surface area contributed by atoms with Gasteiger partial charge in [-0.1, -0.05) is 36.4 Å². The third-order valence-electron chi connectivity index (χ3n) is 3.17. The van der Waals surface area contributed by atoms with Crippen LogP contribution < -0.4 is 10.1 Å². The molecule has 1 atom stereocenters. The Bertz CT molecular complexity index is 576. The van der Waals surface area contributed by atoms with Crippen molar-refractivity contribution in [2.75, 3.05) is 7.11 Å². The Labute approximate surface area is 118 Å². The van der Waals surface area contributed by atoms with E-state index in [1.165, 1.54) is 0 Å². The molecule has 0 fully saturated rings. The number of methoxy groups -OCH3 is 1. The number of rotatable bonds is 4. The van der Waals surface area contributed by atoms with Crippen LogP contribution in [-0.4, -0.2) is 18.3 Å². The molecule has 20 heavy (non-hydrogen) atoms. The van der Waals surface area contributed by atoms with Crippen LogP contribution in [0.5, 0.6) is 5.75 Å². The fourth-order valence-electron chi connectivity index (χ4n) is 2.02. The van der Waals surface area contributed by atoms with Gasteiger partial charge in [0.2, 0.25) is 0 Å². The summed E-state index contributed by atoms with van der Waals surface area (Å²) >= 11 is 0. The molecule has 2 aromatic rings. The number of ether oxygens (including phenoxy) is 1. The summed E-state index contributed by atoms with van der Waals surface area (Å²) in [6, 6.07) is 15.4. The van der Waals surface area contributed by atoms with Gasteiger partial charge >= 0.3 is 6.09 Å². The summed E-state index contributed by atoms with van der Waals surface area (Å²) < 4.78 is 5.13. The Morgan fingerprint density at radius 3 is 2.00 bits per heavy atom. The summed E-state index contributed by atoms with van der Waals surface area (Å²) in [6.07, 6.45) is -1.02. The third-order valence-corrected chi connectivity index (χ3v) is 3.17. The minimum absolute atomic E-state index is 0.225. The second-order valence-electron chi connectivity index (χ2n) is 4.52. The quantitative estimate of drug-likeness (QED) is 0.891. The van der Waals surface area contributed by atoms with Crippen molar-refractivity contribution in [1.29, 1.82) is 0 Å². The van der Waals surface area contributed by atoms with Gasteiger partial charge in [-0.2, -0.15) is 0 Å². The van der Waals surface area contributed by atoms with Crippen molar-refractivity contribution < 1.29 is 14.6 Å². The van der Waals surface area contributed by atoms with Gasteiger partial charge in [0.05, 0.1) is 13.2 Å². The highest BCUT2D eigenvalue weighted by Crippen LogP contribution is 2.24. The second kappa shape index (κ2) is 6.10. The van der Waals surface area contributed by atoms with E-state index in [4.69, 9.17) is 9.84 Å². The topological polar surface area (TPSA) is 58.6 Å². The van der Waals surface area contributed by atoms with Gasteiger partial charge in [-0.05, 0) is 35.7 Å². The van der Waals surface area contributed by atoms with E-state index in [1.807, 2.05) is 55.5 Å². The van der Waals surface area contributed by atoms with Crippen LogP contribution in [0.15, 0.2) is 48.5 Å². The van der Waals surface area contributed by atoms with E-state index >= 15 is 0 Å². The van der Waals surface area contributed by atoms with Crippen molar-refractivity contribution in [3.8, 4) is 16.9 Å². The normalized spacial score (nSPS) is 11.7. The Hall–Kier alpha value is -2.49. The van der Waals surface area contributed by atoms with Gasteiger partial charge in [-0.25, -0.2) is 4.79 Å². The van der Waals surface area contributed by atoms with Gasteiger partial charge in [-0.3, -0.25) is 0 Å². The summed E-state index contributed by atoms with van der Waals surface area (Å²) in [5, 5.41) is 11.1. The first-order valence-corrected chi connectivity index (χ1v) is 6.34. The Morgan fingerprint density at radius 1 is 1.05 bits per heavy atom. The van der Waals surface area contributed by atoms with Crippen LogP contribution >= 0.6 is 0 Å². The molecule has 0 radical (unpaired) electrons. The van der Waals surface area contributed by atoms with E-state index in [-0.39, 0.29) is 6.04 Å². The molecular weight excluding hydrogens is 254 g/mol. The van der Waals surface area contributed by atoms with Gasteiger partial charge in [-0.15, -0.1) is 0 Å². The average Bonchev–Trinajstić information content (AvgIpc) is 2.47. The van der Waals surface area contributed by atoms with Gasteiger partial charge in [0.25, 0.3) is 0 Å². The number of nitrogens with one attached hydrogen (secondary N) is 1. The molecule has 104 valence electrons. The average molecular weight is 271 g/mol. The molecule has 0 aliphatic rings. The molecule has 0 spiro atoms. The fraction of sp³-hybridized carbons (Fsp3) is 0.188. The summed E-state index contributed by atoms with van der Waals surface area (Å²) in [5.74, 6) is 0.824. The van der Waals surface area contributed by atoms with E-state index in [0.29, 0.717) is 0 Å². The van der Waals surface area contributed by atoms with E-state index in [2.05, 4.69) is 5.32 Å². The Kier molecular flexibility index (Phi) is 4.25. The Balaban J connectivity index is 2.16. The molecule has 0 aliphatic carbocycles. The number of benzene rings is 2. The SMILES string of the molecule is COc1ccc(-c2ccc(C(C)NC(=O)O)cc2)cc1. The molecule has 0 saturated carbocycles. The lowest BCUT2D eigenvalue weighted by Crippen LogP contribution is -2.24. The van der Waals surface area contributed by atoms with Crippen LogP contribution in [0.25, 0.3) is 11.1 Å². The Morgan fingerprint density at radius 2 is 1.55 bits per heavy atom. The van der Waals surface area contributed by atoms with Crippen LogP contribution in [0.2, 0.25) is 0 Å². The molecule has 1 amide bonds. The van der Waals surface area contributed by atoms with Crippen LogP contribution in [0.1, 0.15) is 18.5 Å². The molecule has 1 unspecified atom stereocenters. The predicted octanol–water partition coefficient (Wildman–Crippen LogP) is 3.69. The highest BCUT2D eigenvalue weighted by molar-refractivity contribution is 5.66. The van der Waals surface area contributed by atoms with Gasteiger partial charge in [0.1, 0.15) is 5.75 Å². The monoisotopic (exact) mass is 271 g/mol. The standard InChI is InChI=1S/C16H17NO3/c1-11(17-16(18)19)12-3-5-13(6-4-12)14-7-9-15(20-2)10-8-14/h3-11,17H,1-2H3,(H,18,19). The molecular formula is C16H17NO3. The van der Waals surface area contributed by atoms with Crippen molar-refractivity contribution in [1.82, 2.24) is 5.32 Å². The number of hydrogen-bond acceptors (Lipinski definition) is 2. The molecule has 0 bridgehead atoms. The van der Waals surface area contributed by atoms with Crippen molar-refractivity contribution in [2.45, 2.75) is 13.0 Å². The van der Waals surface area contributed by atoms with Crippen molar-refractivity contribution in [3.63, 3.8) is 0 Å². The zero-order valence-corrected chi connectivity index (χ0v) is 11.5. The van der Waals surface area contributed by atoms with E-state index in [9.17, 15) is 4.79 Å². The van der Waals surface area contributed by atoms with E-state index < -0.39 is 6.09 Å². The van der Waals surface area contributed by atoms with Crippen molar-refractivity contribution >= 4 is 6.09 Å². The highest BCUT2D eigenvalue weighted by atomic mass is 16.5. The van der Waals surface area contributed by atoms with Crippen LogP contribution in [0, 0.1) is 0 Å². The summed E-state index contributed by atoms with van der Waals surface area (Å²) in [6.45, 7) is 1.82. The minimum Gasteiger partial charge on any atom is -0.497 e. The number of amides is 1. The largest absolute Gasteiger partial charge is 0.497 e. The zero-order chi connectivity index (χ0) is 14.5. The zero-order valence-electron chi connectivity index (χ0n) is 11.5. The maximum Gasteiger partial charge on any atom is 0.405 e. The first-order valence-electron chi connectivity index (χ1n) is 6.34. The molecule has 0 heterocycles. The summed E-state index contributed by atoms with van der Waals surface area (Å²) in [7, 11) is 1.64. The molecule has 0 saturated heterocycles. The van der Waals surface area contributed by atoms with Gasteiger partial charge in [0.15, 0.2) is 0 Å². The second-order valence-corrected chi connectivity index (χ2v) is 4.52. The minimum atomic E-state index is -1.02. The molecule has 0 aromatic heterocycles. The van der Waals surface area contributed by atoms with E-state index in [0.717, 1.165) is 22.4 Å². The molecule has 2 rings (SSSR count). The lowest BCUT2D eigenvalue weighted by Gasteiger charge is -2.12. The summed E-state index contributed by atoms with van der Waals surface area (Å²) in [5.41, 5.74) is 3.11. The van der Waals surface area contributed by atoms with Gasteiger partial charge in [0, 0.05) is 0 Å². The molecule has 2 aromatic carbocycles. The molecule has 0 aliphatic heterocycles.